The van der Waals surface area contributed by atoms with Crippen LogP contribution in [0.25, 0.3) is 0 Å². The van der Waals surface area contributed by atoms with Crippen LogP contribution in [0.15, 0.2) is 34.8 Å². The van der Waals surface area contributed by atoms with Crippen molar-refractivity contribution in [3.8, 4) is 0 Å². The molecule has 0 aliphatic carbocycles. The molecule has 0 fully saturated rings. The Hall–Kier alpha value is -0.950. The third kappa shape index (κ3) is 5.07. The van der Waals surface area contributed by atoms with Gasteiger partial charge >= 0.3 is 0 Å². The van der Waals surface area contributed by atoms with Crippen molar-refractivity contribution < 1.29 is 9.18 Å². The van der Waals surface area contributed by atoms with Gasteiger partial charge in [0.2, 0.25) is 5.91 Å². The minimum atomic E-state index is -0.467. The summed E-state index contributed by atoms with van der Waals surface area (Å²) in [4.78, 5) is 14.8. The third-order valence-corrected chi connectivity index (χ3v) is 4.38. The minimum Gasteiger partial charge on any atom is -0.322 e. The topological polar surface area (TPSA) is 32.3 Å². The van der Waals surface area contributed by atoms with Gasteiger partial charge in [-0.1, -0.05) is 27.5 Å². The lowest BCUT2D eigenvalue weighted by atomic mass is 10.3. The molecule has 0 saturated carbocycles. The van der Waals surface area contributed by atoms with Crippen molar-refractivity contribution >= 4 is 50.5 Å². The molecular formula is C14H13BrClFN2OS. The van der Waals surface area contributed by atoms with Crippen molar-refractivity contribution in [1.29, 1.82) is 0 Å². The number of benzene rings is 1. The lowest BCUT2D eigenvalue weighted by molar-refractivity contribution is -0.117. The van der Waals surface area contributed by atoms with Crippen molar-refractivity contribution in [3.05, 3.63) is 49.8 Å². The fraction of sp³-hybridized carbons (Fsp3) is 0.214. The predicted octanol–water partition coefficient (Wildman–Crippen LogP) is 4.37. The van der Waals surface area contributed by atoms with Gasteiger partial charge in [0.05, 0.1) is 16.6 Å². The van der Waals surface area contributed by atoms with Crippen LogP contribution >= 0.6 is 38.9 Å². The molecular weight excluding hydrogens is 379 g/mol. The van der Waals surface area contributed by atoms with Crippen molar-refractivity contribution in [2.45, 2.75) is 6.54 Å². The van der Waals surface area contributed by atoms with E-state index in [1.54, 1.807) is 6.07 Å². The second-order valence-electron chi connectivity index (χ2n) is 4.55. The van der Waals surface area contributed by atoms with E-state index < -0.39 is 5.82 Å². The molecule has 0 radical (unpaired) electrons. The highest BCUT2D eigenvalue weighted by molar-refractivity contribution is 9.10. The average molecular weight is 392 g/mol. The molecule has 1 amide bonds. The molecule has 2 aromatic rings. The first kappa shape index (κ1) is 16.4. The largest absolute Gasteiger partial charge is 0.322 e. The number of anilines is 1. The zero-order valence-corrected chi connectivity index (χ0v) is 14.4. The standard InChI is InChI=1S/C14H13BrClFN2OS/c1-19(7-10-3-5-13(16)21-10)8-14(20)18-12-4-2-9(15)6-11(12)17/h2-6H,7-8H2,1H3,(H,18,20). The van der Waals surface area contributed by atoms with Crippen LogP contribution in [0.4, 0.5) is 10.1 Å². The number of amides is 1. The van der Waals surface area contributed by atoms with Crippen molar-refractivity contribution in [2.75, 3.05) is 18.9 Å². The molecule has 0 bridgehead atoms. The normalized spacial score (nSPS) is 10.9. The molecule has 1 N–H and O–H groups in total. The maximum atomic E-state index is 13.6. The average Bonchev–Trinajstić information content (AvgIpc) is 2.78. The molecule has 2 rings (SSSR count). The predicted molar refractivity (Wildman–Crippen MR) is 88.4 cm³/mol. The summed E-state index contributed by atoms with van der Waals surface area (Å²) in [7, 11) is 1.82. The Morgan fingerprint density at radius 1 is 1.43 bits per heavy atom. The number of thiophene rings is 1. The van der Waals surface area contributed by atoms with Crippen LogP contribution in [0, 0.1) is 5.82 Å². The smallest absolute Gasteiger partial charge is 0.238 e. The second-order valence-corrected chi connectivity index (χ2v) is 7.27. The molecule has 0 saturated heterocycles. The Morgan fingerprint density at radius 2 is 2.19 bits per heavy atom. The monoisotopic (exact) mass is 390 g/mol. The Bertz CT molecular complexity index is 650. The molecule has 1 aromatic heterocycles. The van der Waals surface area contributed by atoms with Crippen molar-refractivity contribution in [2.24, 2.45) is 0 Å². The van der Waals surface area contributed by atoms with Crippen LogP contribution in [-0.4, -0.2) is 24.4 Å². The van der Waals surface area contributed by atoms with Gasteiger partial charge in [0.25, 0.3) is 0 Å². The van der Waals surface area contributed by atoms with Gasteiger partial charge in [-0.05, 0) is 37.4 Å². The zero-order chi connectivity index (χ0) is 15.4. The van der Waals surface area contributed by atoms with Crippen LogP contribution in [-0.2, 0) is 11.3 Å². The third-order valence-electron chi connectivity index (χ3n) is 2.67. The van der Waals surface area contributed by atoms with Gasteiger partial charge in [0.1, 0.15) is 5.82 Å². The number of halogens is 3. The van der Waals surface area contributed by atoms with Gasteiger partial charge in [0.15, 0.2) is 0 Å². The Labute approximate surface area is 139 Å². The van der Waals surface area contributed by atoms with Gasteiger partial charge in [-0.3, -0.25) is 9.69 Å². The van der Waals surface area contributed by atoms with Gasteiger partial charge in [0, 0.05) is 15.9 Å². The van der Waals surface area contributed by atoms with E-state index in [9.17, 15) is 9.18 Å². The number of hydrogen-bond donors (Lipinski definition) is 1. The van der Waals surface area contributed by atoms with Crippen LogP contribution in [0.3, 0.4) is 0 Å². The highest BCUT2D eigenvalue weighted by Gasteiger charge is 2.11. The first-order chi connectivity index (χ1) is 9.94. The molecule has 7 heteroatoms. The maximum Gasteiger partial charge on any atom is 0.238 e. The van der Waals surface area contributed by atoms with E-state index in [-0.39, 0.29) is 18.1 Å². The summed E-state index contributed by atoms with van der Waals surface area (Å²) in [5, 5.41) is 2.56. The molecule has 0 aliphatic heterocycles. The summed E-state index contributed by atoms with van der Waals surface area (Å²) in [5.41, 5.74) is 0.177. The fourth-order valence-corrected chi connectivity index (χ4v) is 3.29. The summed E-state index contributed by atoms with van der Waals surface area (Å²) in [6.45, 7) is 0.790. The highest BCUT2D eigenvalue weighted by atomic mass is 79.9. The first-order valence-electron chi connectivity index (χ1n) is 6.11. The van der Waals surface area contributed by atoms with Crippen LogP contribution in [0.5, 0.6) is 0 Å². The van der Waals surface area contributed by atoms with Gasteiger partial charge in [-0.2, -0.15) is 0 Å². The molecule has 21 heavy (non-hydrogen) atoms. The molecule has 0 aliphatic rings. The number of likely N-dealkylation sites (N-methyl/N-ethyl adjacent to an activating group) is 1. The summed E-state index contributed by atoms with van der Waals surface area (Å²) in [6.07, 6.45) is 0. The van der Waals surface area contributed by atoms with Crippen molar-refractivity contribution in [1.82, 2.24) is 4.90 Å². The van der Waals surface area contributed by atoms with E-state index in [1.165, 1.54) is 23.5 Å². The summed E-state index contributed by atoms with van der Waals surface area (Å²) >= 11 is 10.5. The number of carbonyl (C=O) groups excluding carboxylic acids is 1. The molecule has 1 heterocycles. The molecule has 112 valence electrons. The van der Waals surface area contributed by atoms with E-state index >= 15 is 0 Å². The SMILES string of the molecule is CN(CC(=O)Nc1ccc(Br)cc1F)Cc1ccc(Cl)s1. The van der Waals surface area contributed by atoms with E-state index in [2.05, 4.69) is 21.2 Å². The van der Waals surface area contributed by atoms with E-state index in [4.69, 9.17) is 11.6 Å². The first-order valence-corrected chi connectivity index (χ1v) is 8.10. The molecule has 3 nitrogen and oxygen atoms in total. The molecule has 0 unspecified atom stereocenters. The number of carbonyl (C=O) groups is 1. The lowest BCUT2D eigenvalue weighted by Crippen LogP contribution is -2.29. The molecule has 0 atom stereocenters. The van der Waals surface area contributed by atoms with E-state index in [0.29, 0.717) is 11.0 Å². The lowest BCUT2D eigenvalue weighted by Gasteiger charge is -2.15. The Morgan fingerprint density at radius 3 is 2.81 bits per heavy atom. The maximum absolute atomic E-state index is 13.6. The highest BCUT2D eigenvalue weighted by Crippen LogP contribution is 2.22. The Balaban J connectivity index is 1.89. The summed E-state index contributed by atoms with van der Waals surface area (Å²) < 4.78 is 15.0. The second kappa shape index (κ2) is 7.35. The number of rotatable bonds is 5. The summed E-state index contributed by atoms with van der Waals surface area (Å²) in [5.74, 6) is -0.730. The van der Waals surface area contributed by atoms with Gasteiger partial charge < -0.3 is 5.32 Å². The quantitative estimate of drug-likeness (QED) is 0.820. The number of nitrogens with one attached hydrogen (secondary N) is 1. The zero-order valence-electron chi connectivity index (χ0n) is 11.2. The molecule has 1 aromatic carbocycles. The van der Waals surface area contributed by atoms with Gasteiger partial charge in [-0.15, -0.1) is 11.3 Å². The van der Waals surface area contributed by atoms with E-state index in [0.717, 1.165) is 9.21 Å². The number of nitrogens with zero attached hydrogens (tertiary/aromatic N) is 1. The van der Waals surface area contributed by atoms with Crippen molar-refractivity contribution in [3.63, 3.8) is 0 Å². The van der Waals surface area contributed by atoms with E-state index in [1.807, 2.05) is 24.1 Å². The van der Waals surface area contributed by atoms with Crippen LogP contribution in [0.1, 0.15) is 4.88 Å². The number of hydrogen-bond acceptors (Lipinski definition) is 3. The fourth-order valence-electron chi connectivity index (χ4n) is 1.78. The van der Waals surface area contributed by atoms with Crippen LogP contribution < -0.4 is 5.32 Å². The minimum absolute atomic E-state index is 0.172. The van der Waals surface area contributed by atoms with Crippen LogP contribution in [0.2, 0.25) is 4.34 Å². The molecule has 0 spiro atoms. The van der Waals surface area contributed by atoms with Gasteiger partial charge in [-0.25, -0.2) is 4.39 Å². The summed E-state index contributed by atoms with van der Waals surface area (Å²) in [6, 6.07) is 8.27. The Kier molecular flexibility index (Phi) is 5.75.